The molecule has 50 heavy (non-hydrogen) atoms. The fourth-order valence-corrected chi connectivity index (χ4v) is 7.47. The van der Waals surface area contributed by atoms with Crippen molar-refractivity contribution in [2.75, 3.05) is 44.7 Å². The van der Waals surface area contributed by atoms with Crippen LogP contribution in [0.15, 0.2) is 88.5 Å². The number of aliphatic imine (C=N–C) groups is 1. The van der Waals surface area contributed by atoms with Crippen LogP contribution in [0.4, 0.5) is 19.3 Å². The summed E-state index contributed by atoms with van der Waals surface area (Å²) >= 11 is 7.87. The Bertz CT molecular complexity index is 2060. The van der Waals surface area contributed by atoms with Gasteiger partial charge in [0.05, 0.1) is 18.7 Å². The summed E-state index contributed by atoms with van der Waals surface area (Å²) in [6.07, 6.45) is 1.66. The van der Waals surface area contributed by atoms with Crippen LogP contribution in [0.25, 0.3) is 11.1 Å². The Hall–Kier alpha value is -4.98. The summed E-state index contributed by atoms with van der Waals surface area (Å²) in [4.78, 5) is 53.7. The van der Waals surface area contributed by atoms with Crippen molar-refractivity contribution < 1.29 is 27.9 Å². The predicted octanol–water partition coefficient (Wildman–Crippen LogP) is 6.09. The van der Waals surface area contributed by atoms with E-state index in [0.29, 0.717) is 77.2 Å². The van der Waals surface area contributed by atoms with Gasteiger partial charge in [-0.3, -0.25) is 19.6 Å². The lowest BCUT2D eigenvalue weighted by Gasteiger charge is -2.38. The minimum Gasteiger partial charge on any atom is -0.466 e. The second-order valence-corrected chi connectivity index (χ2v) is 13.5. The highest BCUT2D eigenvalue weighted by atomic mass is 35.5. The van der Waals surface area contributed by atoms with Crippen molar-refractivity contribution in [3.8, 4) is 11.1 Å². The van der Waals surface area contributed by atoms with E-state index >= 15 is 0 Å². The standard InChI is InChI=1S/C36H31ClF2N6O4S/c1-20(46)22-5-10-29(39)27(15-22)21-3-7-24(8-4-21)45-18-25-17-43(12-13-44(25)36(45)48)19-30-31(35(47)49-2)32(26-9-6-23(38)16-28(26)37)42-33(41-30)34-40-11-14-50-34/h3-11,14-16,25,32H,12-13,17-19H2,1-2H3,(H,41,42)/t25-,32-/m0/s1. The summed E-state index contributed by atoms with van der Waals surface area (Å²) < 4.78 is 33.9. The van der Waals surface area contributed by atoms with Crippen molar-refractivity contribution in [1.82, 2.24) is 20.1 Å². The molecule has 10 nitrogen and oxygen atoms in total. The quantitative estimate of drug-likeness (QED) is 0.174. The molecule has 3 aliphatic heterocycles. The van der Waals surface area contributed by atoms with Crippen molar-refractivity contribution >= 4 is 52.2 Å². The average Bonchev–Trinajstić information content (AvgIpc) is 3.76. The van der Waals surface area contributed by atoms with Gasteiger partial charge in [-0.1, -0.05) is 29.8 Å². The monoisotopic (exact) mass is 716 g/mol. The minimum atomic E-state index is -0.878. The van der Waals surface area contributed by atoms with E-state index in [2.05, 4.69) is 15.2 Å². The maximum atomic E-state index is 14.7. The van der Waals surface area contributed by atoms with Gasteiger partial charge in [-0.15, -0.1) is 11.3 Å². The Balaban J connectivity index is 1.13. The Kier molecular flexibility index (Phi) is 9.21. The molecule has 0 spiro atoms. The number of anilines is 1. The number of piperazine rings is 1. The molecular formula is C36H31ClF2N6O4S. The van der Waals surface area contributed by atoms with E-state index in [4.69, 9.17) is 21.3 Å². The summed E-state index contributed by atoms with van der Waals surface area (Å²) in [5.41, 5.74) is 3.25. The topological polar surface area (TPSA) is 107 Å². The van der Waals surface area contributed by atoms with E-state index in [-0.39, 0.29) is 28.5 Å². The molecule has 1 N–H and O–H groups in total. The van der Waals surface area contributed by atoms with Crippen LogP contribution in [0.2, 0.25) is 5.02 Å². The van der Waals surface area contributed by atoms with Crippen LogP contribution >= 0.6 is 22.9 Å². The number of Topliss-reactive ketones (excluding diaryl/α,β-unsaturated/α-hetero) is 1. The number of benzene rings is 3. The molecule has 14 heteroatoms. The highest BCUT2D eigenvalue weighted by Gasteiger charge is 2.42. The summed E-state index contributed by atoms with van der Waals surface area (Å²) in [5.74, 6) is -1.25. The number of esters is 1. The Morgan fingerprint density at radius 3 is 2.56 bits per heavy atom. The van der Waals surface area contributed by atoms with Gasteiger partial charge in [0, 0.05) is 77.4 Å². The molecule has 2 amide bonds. The minimum absolute atomic E-state index is 0.124. The van der Waals surface area contributed by atoms with Crippen molar-refractivity contribution in [3.05, 3.63) is 116 Å². The first-order valence-electron chi connectivity index (χ1n) is 15.8. The van der Waals surface area contributed by atoms with Crippen molar-refractivity contribution in [2.45, 2.75) is 19.0 Å². The molecule has 0 aliphatic carbocycles. The number of fused-ring (bicyclic) bond motifs is 1. The number of ether oxygens (including phenoxy) is 1. The largest absolute Gasteiger partial charge is 0.466 e. The van der Waals surface area contributed by atoms with Crippen LogP contribution in [0.3, 0.4) is 0 Å². The number of halogens is 3. The van der Waals surface area contributed by atoms with E-state index in [1.165, 1.54) is 61.8 Å². The first kappa shape index (κ1) is 33.5. The van der Waals surface area contributed by atoms with Gasteiger partial charge in [0.2, 0.25) is 0 Å². The lowest BCUT2D eigenvalue weighted by Crippen LogP contribution is -2.53. The van der Waals surface area contributed by atoms with Gasteiger partial charge in [0.15, 0.2) is 16.6 Å². The first-order chi connectivity index (χ1) is 24.1. The summed E-state index contributed by atoms with van der Waals surface area (Å²) in [5, 5.41) is 5.87. The highest BCUT2D eigenvalue weighted by molar-refractivity contribution is 7.11. The van der Waals surface area contributed by atoms with E-state index in [0.717, 1.165) is 0 Å². The van der Waals surface area contributed by atoms with Gasteiger partial charge in [-0.05, 0) is 55.0 Å². The number of hydrogen-bond donors (Lipinski definition) is 1. The zero-order valence-electron chi connectivity index (χ0n) is 27.0. The second-order valence-electron chi connectivity index (χ2n) is 12.2. The molecule has 256 valence electrons. The number of aromatic nitrogens is 1. The van der Waals surface area contributed by atoms with Crippen molar-refractivity contribution in [2.24, 2.45) is 4.99 Å². The van der Waals surface area contributed by atoms with Crippen LogP contribution in [-0.4, -0.2) is 84.3 Å². The number of methoxy groups -OCH3 is 1. The van der Waals surface area contributed by atoms with E-state index < -0.39 is 23.6 Å². The maximum absolute atomic E-state index is 14.7. The molecule has 0 bridgehead atoms. The Morgan fingerprint density at radius 2 is 1.86 bits per heavy atom. The normalized spacial score (nSPS) is 19.3. The number of rotatable bonds is 8. The number of hydrogen-bond acceptors (Lipinski definition) is 9. The van der Waals surface area contributed by atoms with Crippen LogP contribution in [0.1, 0.15) is 33.9 Å². The number of carbonyl (C=O) groups is 3. The molecule has 0 unspecified atom stereocenters. The maximum Gasteiger partial charge on any atom is 0.338 e. The van der Waals surface area contributed by atoms with Crippen molar-refractivity contribution in [1.29, 1.82) is 0 Å². The molecule has 2 saturated heterocycles. The number of carbonyl (C=O) groups excluding carboxylic acids is 3. The molecule has 3 aliphatic rings. The average molecular weight is 717 g/mol. The third kappa shape index (κ3) is 6.39. The van der Waals surface area contributed by atoms with Crippen molar-refractivity contribution in [3.63, 3.8) is 0 Å². The van der Waals surface area contributed by atoms with Gasteiger partial charge in [0.1, 0.15) is 17.7 Å². The number of amidine groups is 1. The molecule has 3 aromatic carbocycles. The predicted molar refractivity (Wildman–Crippen MR) is 186 cm³/mol. The van der Waals surface area contributed by atoms with Gasteiger partial charge >= 0.3 is 12.0 Å². The van der Waals surface area contributed by atoms with E-state index in [1.54, 1.807) is 35.4 Å². The van der Waals surface area contributed by atoms with Gasteiger partial charge < -0.3 is 15.0 Å². The molecular weight excluding hydrogens is 686 g/mol. The Morgan fingerprint density at radius 1 is 1.06 bits per heavy atom. The van der Waals surface area contributed by atoms with Crippen LogP contribution < -0.4 is 10.2 Å². The number of nitrogens with one attached hydrogen (secondary N) is 1. The number of thiazole rings is 1. The smallest absolute Gasteiger partial charge is 0.338 e. The van der Waals surface area contributed by atoms with Crippen LogP contribution in [0.5, 0.6) is 0 Å². The zero-order valence-corrected chi connectivity index (χ0v) is 28.6. The summed E-state index contributed by atoms with van der Waals surface area (Å²) in [7, 11) is 1.29. The molecule has 2 atom stereocenters. The van der Waals surface area contributed by atoms with Gasteiger partial charge in [-0.2, -0.15) is 0 Å². The second kappa shape index (κ2) is 13.7. The molecule has 2 fully saturated rings. The van der Waals surface area contributed by atoms with Crippen LogP contribution in [-0.2, 0) is 9.53 Å². The summed E-state index contributed by atoms with van der Waals surface area (Å²) in [6.45, 7) is 3.69. The Labute approximate surface area is 295 Å². The number of urea groups is 1. The molecule has 7 rings (SSSR count). The number of amides is 2. The summed E-state index contributed by atoms with van der Waals surface area (Å²) in [6, 6.07) is 14.2. The molecule has 4 aromatic rings. The zero-order chi connectivity index (χ0) is 35.1. The number of ketones is 1. The molecule has 1 aromatic heterocycles. The molecule has 0 saturated carbocycles. The third-order valence-electron chi connectivity index (χ3n) is 9.10. The number of nitrogens with zero attached hydrogens (tertiary/aromatic N) is 5. The molecule has 4 heterocycles. The van der Waals surface area contributed by atoms with Crippen LogP contribution in [0, 0.1) is 11.6 Å². The lowest BCUT2D eigenvalue weighted by molar-refractivity contribution is -0.136. The third-order valence-corrected chi connectivity index (χ3v) is 10.2. The van der Waals surface area contributed by atoms with E-state index in [1.807, 2.05) is 10.3 Å². The fraction of sp³-hybridized carbons (Fsp3) is 0.250. The van der Waals surface area contributed by atoms with Gasteiger partial charge in [-0.25, -0.2) is 23.4 Å². The first-order valence-corrected chi connectivity index (χ1v) is 17.1. The van der Waals surface area contributed by atoms with Gasteiger partial charge in [0.25, 0.3) is 0 Å². The molecule has 0 radical (unpaired) electrons. The fourth-order valence-electron chi connectivity index (χ4n) is 6.61. The highest BCUT2D eigenvalue weighted by Crippen LogP contribution is 2.37. The van der Waals surface area contributed by atoms with E-state index in [9.17, 15) is 23.2 Å². The SMILES string of the molecule is COC(=O)C1=C(CN2CCN3C(=O)N(c4ccc(-c5cc(C(C)=O)ccc5F)cc4)C[C@@H]3C2)NC(c2nccs2)=N[C@H]1c1ccc(F)cc1Cl. The lowest BCUT2D eigenvalue weighted by atomic mass is 9.95.